The highest BCUT2D eigenvalue weighted by Gasteiger charge is 2.24. The summed E-state index contributed by atoms with van der Waals surface area (Å²) in [7, 11) is -2.76. The number of nitrogens with two attached hydrogens (primary N) is 1. The van der Waals surface area contributed by atoms with Gasteiger partial charge in [-0.05, 0) is 52.6 Å². The first-order chi connectivity index (χ1) is 12.5. The zero-order valence-corrected chi connectivity index (χ0v) is 16.9. The lowest BCUT2D eigenvalue weighted by atomic mass is 9.83. The minimum absolute atomic E-state index is 0.0642. The van der Waals surface area contributed by atoms with E-state index in [0.29, 0.717) is 27.8 Å². The van der Waals surface area contributed by atoms with Gasteiger partial charge in [-0.15, -0.1) is 0 Å². The highest BCUT2D eigenvalue weighted by atomic mass is 32.2. The standard InChI is InChI=1S/C21H24FNO3S/c1-11(2)16-8-15(14-7-6-13(5)18(22)10-14)9-17(12(3)4)19(16)20(21(23)24)27(25)26/h6-12H,1-5H3,(H2,23,24). The Morgan fingerprint density at radius 3 is 1.85 bits per heavy atom. The third kappa shape index (κ3) is 4.27. The van der Waals surface area contributed by atoms with Gasteiger partial charge in [0.1, 0.15) is 5.82 Å². The number of benzene rings is 2. The van der Waals surface area contributed by atoms with Crippen molar-refractivity contribution >= 4 is 21.1 Å². The molecule has 2 N–H and O–H groups in total. The van der Waals surface area contributed by atoms with E-state index in [2.05, 4.69) is 0 Å². The number of aryl methyl sites for hydroxylation is 1. The Balaban J connectivity index is 2.93. The first-order valence-corrected chi connectivity index (χ1v) is 9.82. The van der Waals surface area contributed by atoms with Crippen molar-refractivity contribution in [3.8, 4) is 11.1 Å². The molecule has 0 aliphatic rings. The number of carbonyl (C=O) groups is 1. The number of rotatable bonds is 5. The maximum atomic E-state index is 14.1. The smallest absolute Gasteiger partial charge is 0.265 e. The quantitative estimate of drug-likeness (QED) is 0.622. The van der Waals surface area contributed by atoms with Gasteiger partial charge in [-0.2, -0.15) is 8.42 Å². The van der Waals surface area contributed by atoms with Gasteiger partial charge in [0.2, 0.25) is 10.3 Å². The molecule has 4 nitrogen and oxygen atoms in total. The Kier molecular flexibility index (Phi) is 6.21. The summed E-state index contributed by atoms with van der Waals surface area (Å²) in [5, 5.41) is 0. The van der Waals surface area contributed by atoms with Gasteiger partial charge in [0.05, 0.1) is 0 Å². The summed E-state index contributed by atoms with van der Waals surface area (Å²) in [6, 6.07) is 8.61. The average Bonchev–Trinajstić information content (AvgIpc) is 2.56. The predicted molar refractivity (Wildman–Crippen MR) is 107 cm³/mol. The molecule has 0 saturated heterocycles. The molecule has 2 aromatic carbocycles. The van der Waals surface area contributed by atoms with E-state index < -0.39 is 21.1 Å². The Bertz CT molecular complexity index is 1000. The zero-order chi connectivity index (χ0) is 20.5. The highest BCUT2D eigenvalue weighted by molar-refractivity contribution is 7.75. The summed E-state index contributed by atoms with van der Waals surface area (Å²) in [5.41, 5.74) is 9.12. The summed E-state index contributed by atoms with van der Waals surface area (Å²) in [6.07, 6.45) is 0. The molecule has 144 valence electrons. The van der Waals surface area contributed by atoms with Gasteiger partial charge in [0.25, 0.3) is 5.91 Å². The minimum Gasteiger partial charge on any atom is -0.365 e. The molecule has 0 aliphatic carbocycles. The van der Waals surface area contributed by atoms with E-state index in [4.69, 9.17) is 5.73 Å². The molecule has 0 bridgehead atoms. The molecule has 0 unspecified atom stereocenters. The zero-order valence-electron chi connectivity index (χ0n) is 16.1. The molecule has 0 aliphatic heterocycles. The largest absolute Gasteiger partial charge is 0.365 e. The molecule has 2 aromatic rings. The van der Waals surface area contributed by atoms with E-state index >= 15 is 0 Å². The molecule has 0 aromatic heterocycles. The first kappa shape index (κ1) is 20.8. The number of carbonyl (C=O) groups excluding carboxylic acids is 1. The molecule has 0 spiro atoms. The number of hydrogen-bond acceptors (Lipinski definition) is 3. The molecule has 0 saturated carbocycles. The van der Waals surface area contributed by atoms with Gasteiger partial charge in [0, 0.05) is 5.56 Å². The second kappa shape index (κ2) is 8.05. The van der Waals surface area contributed by atoms with Crippen LogP contribution in [0.3, 0.4) is 0 Å². The van der Waals surface area contributed by atoms with E-state index in [0.717, 1.165) is 5.56 Å². The van der Waals surface area contributed by atoms with E-state index in [-0.39, 0.29) is 17.7 Å². The molecule has 0 radical (unpaired) electrons. The molecular formula is C21H24FNO3S. The predicted octanol–water partition coefficient (Wildman–Crippen LogP) is 3.93. The maximum absolute atomic E-state index is 14.1. The second-order valence-electron chi connectivity index (χ2n) is 7.23. The molecule has 1 amide bonds. The van der Waals surface area contributed by atoms with Crippen molar-refractivity contribution in [3.63, 3.8) is 0 Å². The lowest BCUT2D eigenvalue weighted by Gasteiger charge is -2.21. The van der Waals surface area contributed by atoms with Crippen LogP contribution in [0.1, 0.15) is 61.8 Å². The van der Waals surface area contributed by atoms with Crippen molar-refractivity contribution in [2.45, 2.75) is 46.5 Å². The van der Waals surface area contributed by atoms with Crippen LogP contribution >= 0.6 is 0 Å². The summed E-state index contributed by atoms with van der Waals surface area (Å²) in [4.78, 5) is 11.5. The van der Waals surface area contributed by atoms with Gasteiger partial charge in [-0.1, -0.05) is 52.0 Å². The van der Waals surface area contributed by atoms with Crippen molar-refractivity contribution in [3.05, 3.63) is 58.4 Å². The average molecular weight is 389 g/mol. The molecule has 0 heterocycles. The Labute approximate surface area is 160 Å². The maximum Gasteiger partial charge on any atom is 0.265 e. The topological polar surface area (TPSA) is 77.2 Å². The van der Waals surface area contributed by atoms with Gasteiger partial charge in [-0.25, -0.2) is 4.39 Å². The fourth-order valence-corrected chi connectivity index (χ4v) is 3.65. The monoisotopic (exact) mass is 389 g/mol. The van der Waals surface area contributed by atoms with Crippen LogP contribution in [0.4, 0.5) is 4.39 Å². The van der Waals surface area contributed by atoms with Crippen LogP contribution in [-0.4, -0.2) is 19.2 Å². The molecule has 0 fully saturated rings. The van der Waals surface area contributed by atoms with Crippen LogP contribution in [0.2, 0.25) is 0 Å². The normalized spacial score (nSPS) is 11.1. The van der Waals surface area contributed by atoms with Crippen molar-refractivity contribution < 1.29 is 17.6 Å². The minimum atomic E-state index is -2.76. The Hall–Kier alpha value is -2.47. The Morgan fingerprint density at radius 1 is 0.963 bits per heavy atom. The molecule has 27 heavy (non-hydrogen) atoms. The van der Waals surface area contributed by atoms with Crippen LogP contribution in [-0.2, 0) is 15.1 Å². The van der Waals surface area contributed by atoms with Crippen LogP contribution in [0, 0.1) is 12.7 Å². The van der Waals surface area contributed by atoms with Crippen molar-refractivity contribution in [1.82, 2.24) is 0 Å². The SMILES string of the molecule is Cc1ccc(-c2cc(C(C)C)c(C(C(N)=O)=S(=O)=O)c(C(C)C)c2)cc1F. The molecule has 2 rings (SSSR count). The van der Waals surface area contributed by atoms with Crippen LogP contribution < -0.4 is 5.73 Å². The van der Waals surface area contributed by atoms with E-state index in [1.54, 1.807) is 13.0 Å². The number of primary amides is 1. The van der Waals surface area contributed by atoms with Gasteiger partial charge >= 0.3 is 0 Å². The van der Waals surface area contributed by atoms with Crippen LogP contribution in [0.15, 0.2) is 30.3 Å². The van der Waals surface area contributed by atoms with E-state index in [1.165, 1.54) is 6.07 Å². The second-order valence-corrected chi connectivity index (χ2v) is 8.11. The Morgan fingerprint density at radius 2 is 1.48 bits per heavy atom. The molecule has 6 heteroatoms. The summed E-state index contributed by atoms with van der Waals surface area (Å²) < 4.78 is 37.5. The fraction of sp³-hybridized carbons (Fsp3) is 0.333. The van der Waals surface area contributed by atoms with Crippen molar-refractivity contribution in [1.29, 1.82) is 0 Å². The van der Waals surface area contributed by atoms with Gasteiger partial charge in [-0.3, -0.25) is 4.79 Å². The van der Waals surface area contributed by atoms with E-state index in [9.17, 15) is 17.6 Å². The highest BCUT2D eigenvalue weighted by Crippen LogP contribution is 2.34. The molecule has 0 atom stereocenters. The van der Waals surface area contributed by atoms with Gasteiger partial charge < -0.3 is 5.73 Å². The number of amides is 1. The third-order valence-corrected chi connectivity index (χ3v) is 5.30. The lowest BCUT2D eigenvalue weighted by Crippen LogP contribution is -2.28. The number of halogens is 1. The third-order valence-electron chi connectivity index (χ3n) is 4.57. The van der Waals surface area contributed by atoms with Crippen molar-refractivity contribution in [2.75, 3.05) is 0 Å². The van der Waals surface area contributed by atoms with Gasteiger partial charge in [0.15, 0.2) is 4.86 Å². The van der Waals surface area contributed by atoms with Crippen LogP contribution in [0.25, 0.3) is 11.1 Å². The lowest BCUT2D eigenvalue weighted by molar-refractivity contribution is -0.111. The molecular weight excluding hydrogens is 365 g/mol. The fourth-order valence-electron chi connectivity index (χ4n) is 3.09. The number of hydrogen-bond donors (Lipinski definition) is 1. The summed E-state index contributed by atoms with van der Waals surface area (Å²) in [5.74, 6) is -1.42. The summed E-state index contributed by atoms with van der Waals surface area (Å²) >= 11 is 0. The van der Waals surface area contributed by atoms with E-state index in [1.807, 2.05) is 45.9 Å². The van der Waals surface area contributed by atoms with Crippen molar-refractivity contribution in [2.24, 2.45) is 5.73 Å². The first-order valence-electron chi connectivity index (χ1n) is 8.75. The summed E-state index contributed by atoms with van der Waals surface area (Å²) in [6.45, 7) is 9.34. The van der Waals surface area contributed by atoms with Crippen LogP contribution in [0.5, 0.6) is 0 Å².